The summed E-state index contributed by atoms with van der Waals surface area (Å²) in [6, 6.07) is 14.3. The number of benzene rings is 2. The van der Waals surface area contributed by atoms with Crippen molar-refractivity contribution >= 4 is 40.0 Å². The Morgan fingerprint density at radius 2 is 1.68 bits per heavy atom. The van der Waals surface area contributed by atoms with Crippen molar-refractivity contribution in [3.8, 4) is 5.75 Å². The molecule has 0 atom stereocenters. The summed E-state index contributed by atoms with van der Waals surface area (Å²) in [6.07, 6.45) is 0.421. The lowest BCUT2D eigenvalue weighted by molar-refractivity contribution is -0.115. The normalized spacial score (nSPS) is 10.1. The van der Waals surface area contributed by atoms with E-state index in [1.807, 2.05) is 24.3 Å². The van der Waals surface area contributed by atoms with Crippen LogP contribution in [0, 0.1) is 3.57 Å². The molecule has 2 rings (SSSR count). The van der Waals surface area contributed by atoms with Gasteiger partial charge in [0.1, 0.15) is 5.75 Å². The van der Waals surface area contributed by atoms with Crippen LogP contribution in [0.3, 0.4) is 0 Å². The van der Waals surface area contributed by atoms with Gasteiger partial charge >= 0.3 is 0 Å². The fourth-order valence-electron chi connectivity index (χ4n) is 1.75. The second kappa shape index (κ2) is 7.93. The van der Waals surface area contributed by atoms with Gasteiger partial charge in [0.05, 0.1) is 0 Å². The van der Waals surface area contributed by atoms with Crippen LogP contribution in [0.1, 0.15) is 23.7 Å². The number of amides is 1. The topological polar surface area (TPSA) is 55.4 Å². The van der Waals surface area contributed by atoms with E-state index in [1.165, 1.54) is 0 Å². The number of carbonyl (C=O) groups is 2. The Morgan fingerprint density at radius 1 is 1.05 bits per heavy atom. The molecule has 0 aliphatic heterocycles. The van der Waals surface area contributed by atoms with Crippen LogP contribution in [0.15, 0.2) is 48.5 Å². The molecule has 2 aromatic rings. The number of Topliss-reactive ketones (excluding diaryl/α,β-unsaturated/α-hetero) is 1. The van der Waals surface area contributed by atoms with E-state index >= 15 is 0 Å². The van der Waals surface area contributed by atoms with E-state index in [1.54, 1.807) is 31.2 Å². The molecular weight excluding hydrogens is 393 g/mol. The maximum absolute atomic E-state index is 12.1. The van der Waals surface area contributed by atoms with Crippen molar-refractivity contribution < 1.29 is 14.3 Å². The first kappa shape index (κ1) is 16.5. The summed E-state index contributed by atoms with van der Waals surface area (Å²) in [5.74, 6) is 0.508. The average Bonchev–Trinajstić information content (AvgIpc) is 2.54. The first-order chi connectivity index (χ1) is 10.6. The van der Waals surface area contributed by atoms with E-state index in [2.05, 4.69) is 27.9 Å². The van der Waals surface area contributed by atoms with E-state index in [-0.39, 0.29) is 18.3 Å². The first-order valence-electron chi connectivity index (χ1n) is 6.90. The predicted octanol–water partition coefficient (Wildman–Crippen LogP) is 3.90. The Bertz CT molecular complexity index is 651. The molecule has 1 amide bonds. The lowest BCUT2D eigenvalue weighted by Gasteiger charge is -2.07. The zero-order valence-corrected chi connectivity index (χ0v) is 14.3. The van der Waals surface area contributed by atoms with Crippen LogP contribution in [0.2, 0.25) is 0 Å². The molecule has 0 heterocycles. The molecule has 114 valence electrons. The number of ether oxygens (including phenoxy) is 1. The number of halogens is 1. The van der Waals surface area contributed by atoms with Crippen molar-refractivity contribution in [3.05, 3.63) is 57.7 Å². The number of ketones is 1. The van der Waals surface area contributed by atoms with Crippen molar-refractivity contribution in [1.82, 2.24) is 0 Å². The van der Waals surface area contributed by atoms with E-state index in [9.17, 15) is 9.59 Å². The third-order valence-corrected chi connectivity index (χ3v) is 3.71. The number of anilines is 1. The summed E-state index contributed by atoms with van der Waals surface area (Å²) in [6.45, 7) is 1.77. The van der Waals surface area contributed by atoms with Crippen molar-refractivity contribution in [2.45, 2.75) is 13.3 Å². The second-order valence-electron chi connectivity index (χ2n) is 4.64. The minimum atomic E-state index is -0.105. The van der Waals surface area contributed by atoms with Gasteiger partial charge in [-0.25, -0.2) is 0 Å². The van der Waals surface area contributed by atoms with E-state index in [4.69, 9.17) is 4.74 Å². The monoisotopic (exact) mass is 409 g/mol. The molecule has 2 aromatic carbocycles. The van der Waals surface area contributed by atoms with Crippen molar-refractivity contribution in [2.75, 3.05) is 11.9 Å². The Labute approximate surface area is 143 Å². The minimum Gasteiger partial charge on any atom is -0.485 e. The van der Waals surface area contributed by atoms with Crippen molar-refractivity contribution in [1.29, 1.82) is 0 Å². The first-order valence-corrected chi connectivity index (χ1v) is 7.98. The summed E-state index contributed by atoms with van der Waals surface area (Å²) < 4.78 is 6.58. The number of hydrogen-bond donors (Lipinski definition) is 1. The summed E-state index contributed by atoms with van der Waals surface area (Å²) in [4.78, 5) is 23.3. The van der Waals surface area contributed by atoms with Crippen molar-refractivity contribution in [2.24, 2.45) is 0 Å². The van der Waals surface area contributed by atoms with Gasteiger partial charge < -0.3 is 10.1 Å². The Hall–Kier alpha value is -1.89. The van der Waals surface area contributed by atoms with Crippen LogP contribution < -0.4 is 10.1 Å². The molecule has 5 heteroatoms. The zero-order chi connectivity index (χ0) is 15.9. The maximum Gasteiger partial charge on any atom is 0.224 e. The smallest absolute Gasteiger partial charge is 0.224 e. The molecule has 1 N–H and O–H groups in total. The van der Waals surface area contributed by atoms with Gasteiger partial charge in [0.2, 0.25) is 5.91 Å². The van der Waals surface area contributed by atoms with Gasteiger partial charge in [-0.2, -0.15) is 0 Å². The highest BCUT2D eigenvalue weighted by Crippen LogP contribution is 2.15. The van der Waals surface area contributed by atoms with Gasteiger partial charge in [-0.3, -0.25) is 9.59 Å². The molecule has 0 fully saturated rings. The number of rotatable bonds is 6. The molecule has 0 aliphatic carbocycles. The van der Waals surface area contributed by atoms with Gasteiger partial charge in [0, 0.05) is 21.2 Å². The van der Waals surface area contributed by atoms with Crippen LogP contribution in [0.4, 0.5) is 5.69 Å². The Balaban J connectivity index is 1.92. The fraction of sp³-hybridized carbons (Fsp3) is 0.176. The molecular formula is C17H16INO3. The zero-order valence-electron chi connectivity index (χ0n) is 12.1. The number of hydrogen-bond acceptors (Lipinski definition) is 3. The molecule has 4 nitrogen and oxygen atoms in total. The van der Waals surface area contributed by atoms with E-state index < -0.39 is 0 Å². The van der Waals surface area contributed by atoms with Crippen LogP contribution >= 0.6 is 22.6 Å². The molecule has 22 heavy (non-hydrogen) atoms. The van der Waals surface area contributed by atoms with E-state index in [0.29, 0.717) is 23.4 Å². The highest BCUT2D eigenvalue weighted by Gasteiger charge is 2.07. The summed E-state index contributed by atoms with van der Waals surface area (Å²) >= 11 is 2.21. The maximum atomic E-state index is 12.1. The predicted molar refractivity (Wildman–Crippen MR) is 94.3 cm³/mol. The molecule has 0 spiro atoms. The number of nitrogens with one attached hydrogen (secondary N) is 1. The SMILES string of the molecule is CCC(=O)Nc1ccc(C(=O)COc2ccc(I)cc2)cc1. The third kappa shape index (κ3) is 4.84. The fourth-order valence-corrected chi connectivity index (χ4v) is 2.11. The highest BCUT2D eigenvalue weighted by molar-refractivity contribution is 14.1. The quantitative estimate of drug-likeness (QED) is 0.582. The lowest BCUT2D eigenvalue weighted by Crippen LogP contribution is -2.12. The molecule has 0 saturated heterocycles. The van der Waals surface area contributed by atoms with Crippen LogP contribution in [-0.4, -0.2) is 18.3 Å². The molecule has 0 unspecified atom stereocenters. The van der Waals surface area contributed by atoms with Gasteiger partial charge in [-0.05, 0) is 71.1 Å². The van der Waals surface area contributed by atoms with Crippen LogP contribution in [-0.2, 0) is 4.79 Å². The molecule has 0 aromatic heterocycles. The van der Waals surface area contributed by atoms with Gasteiger partial charge in [-0.15, -0.1) is 0 Å². The summed E-state index contributed by atoms with van der Waals surface area (Å²) in [5.41, 5.74) is 1.24. The summed E-state index contributed by atoms with van der Waals surface area (Å²) in [7, 11) is 0. The highest BCUT2D eigenvalue weighted by atomic mass is 127. The number of carbonyl (C=O) groups excluding carboxylic acids is 2. The molecule has 0 aliphatic rings. The van der Waals surface area contributed by atoms with Crippen LogP contribution in [0.5, 0.6) is 5.75 Å². The average molecular weight is 409 g/mol. The minimum absolute atomic E-state index is 0.0126. The second-order valence-corrected chi connectivity index (χ2v) is 5.89. The third-order valence-electron chi connectivity index (χ3n) is 3.00. The lowest BCUT2D eigenvalue weighted by atomic mass is 10.1. The van der Waals surface area contributed by atoms with Gasteiger partial charge in [-0.1, -0.05) is 6.92 Å². The molecule has 0 radical (unpaired) electrons. The van der Waals surface area contributed by atoms with Crippen molar-refractivity contribution in [3.63, 3.8) is 0 Å². The largest absolute Gasteiger partial charge is 0.485 e. The standard InChI is InChI=1S/C17H16INO3/c1-2-17(21)19-14-7-3-12(4-8-14)16(20)11-22-15-9-5-13(18)6-10-15/h3-10H,2,11H2,1H3,(H,19,21). The Kier molecular flexibility index (Phi) is 5.94. The summed E-state index contributed by atoms with van der Waals surface area (Å²) in [5, 5.41) is 2.74. The Morgan fingerprint density at radius 3 is 2.27 bits per heavy atom. The van der Waals surface area contributed by atoms with Gasteiger partial charge in [0.25, 0.3) is 0 Å². The molecule has 0 saturated carbocycles. The van der Waals surface area contributed by atoms with Gasteiger partial charge in [0.15, 0.2) is 12.4 Å². The molecule has 0 bridgehead atoms. The van der Waals surface area contributed by atoms with E-state index in [0.717, 1.165) is 3.57 Å². The van der Waals surface area contributed by atoms with Crippen LogP contribution in [0.25, 0.3) is 0 Å².